The molecule has 2 atom stereocenters. The summed E-state index contributed by atoms with van der Waals surface area (Å²) < 4.78 is 0. The lowest BCUT2D eigenvalue weighted by molar-refractivity contribution is 0.0639. The first-order valence-electron chi connectivity index (χ1n) is 6.89. The summed E-state index contributed by atoms with van der Waals surface area (Å²) in [5, 5.41) is 19.7. The molecule has 4 heteroatoms. The fourth-order valence-electron chi connectivity index (χ4n) is 2.71. The highest BCUT2D eigenvalue weighted by molar-refractivity contribution is 5.27. The van der Waals surface area contributed by atoms with Crippen LogP contribution in [0.2, 0.25) is 0 Å². The first kappa shape index (κ1) is 14.3. The molecule has 2 unspecified atom stereocenters. The molecule has 2 rings (SSSR count). The van der Waals surface area contributed by atoms with E-state index in [0.717, 1.165) is 31.6 Å². The highest BCUT2D eigenvalue weighted by atomic mass is 16.3. The Morgan fingerprint density at radius 3 is 2.84 bits per heavy atom. The summed E-state index contributed by atoms with van der Waals surface area (Å²) in [7, 11) is 4.25. The van der Waals surface area contributed by atoms with E-state index in [9.17, 15) is 10.2 Å². The minimum atomic E-state index is -0.360. The number of aliphatic hydroxyl groups excluding tert-OH is 1. The normalized spacial score (nSPS) is 23.4. The molecule has 1 saturated heterocycles. The average molecular weight is 264 g/mol. The van der Waals surface area contributed by atoms with Crippen molar-refractivity contribution in [1.82, 2.24) is 9.80 Å². The second kappa shape index (κ2) is 6.37. The largest absolute Gasteiger partial charge is 0.508 e. The van der Waals surface area contributed by atoms with Crippen LogP contribution in [-0.2, 0) is 6.42 Å². The number of rotatable bonds is 4. The third-order valence-electron chi connectivity index (χ3n) is 3.91. The van der Waals surface area contributed by atoms with Crippen molar-refractivity contribution < 1.29 is 10.2 Å². The number of benzene rings is 1. The van der Waals surface area contributed by atoms with E-state index < -0.39 is 0 Å². The van der Waals surface area contributed by atoms with Crippen molar-refractivity contribution in [2.24, 2.45) is 0 Å². The summed E-state index contributed by atoms with van der Waals surface area (Å²) in [5.74, 6) is 0.263. The van der Waals surface area contributed by atoms with Gasteiger partial charge in [0.05, 0.1) is 6.10 Å². The second-order valence-corrected chi connectivity index (χ2v) is 5.66. The van der Waals surface area contributed by atoms with Crippen molar-refractivity contribution in [3.8, 4) is 5.75 Å². The summed E-state index contributed by atoms with van der Waals surface area (Å²) in [6, 6.07) is 7.54. The number of aliphatic hydroxyl groups is 1. The minimum Gasteiger partial charge on any atom is -0.508 e. The van der Waals surface area contributed by atoms with E-state index in [4.69, 9.17) is 0 Å². The molecule has 1 aromatic carbocycles. The van der Waals surface area contributed by atoms with Crippen LogP contribution in [0.5, 0.6) is 5.75 Å². The van der Waals surface area contributed by atoms with Crippen molar-refractivity contribution in [1.29, 1.82) is 0 Å². The van der Waals surface area contributed by atoms with Gasteiger partial charge in [0.1, 0.15) is 5.75 Å². The Hall–Kier alpha value is -1.10. The van der Waals surface area contributed by atoms with Gasteiger partial charge >= 0.3 is 0 Å². The third kappa shape index (κ3) is 4.20. The number of aromatic hydroxyl groups is 1. The molecule has 0 saturated carbocycles. The predicted molar refractivity (Wildman–Crippen MR) is 76.3 cm³/mol. The van der Waals surface area contributed by atoms with Crippen LogP contribution in [0.1, 0.15) is 12.0 Å². The first-order valence-corrected chi connectivity index (χ1v) is 6.89. The van der Waals surface area contributed by atoms with Gasteiger partial charge in [0.25, 0.3) is 0 Å². The van der Waals surface area contributed by atoms with Gasteiger partial charge in [-0.25, -0.2) is 0 Å². The zero-order valence-electron chi connectivity index (χ0n) is 11.8. The number of piperazine rings is 1. The summed E-state index contributed by atoms with van der Waals surface area (Å²) in [4.78, 5) is 4.64. The van der Waals surface area contributed by atoms with E-state index in [2.05, 4.69) is 23.9 Å². The fraction of sp³-hybridized carbons (Fsp3) is 0.600. The van der Waals surface area contributed by atoms with Crippen LogP contribution in [-0.4, -0.2) is 65.9 Å². The molecule has 1 aliphatic rings. The van der Waals surface area contributed by atoms with Crippen molar-refractivity contribution in [3.05, 3.63) is 29.8 Å². The molecule has 0 radical (unpaired) electrons. The zero-order valence-corrected chi connectivity index (χ0v) is 11.8. The maximum Gasteiger partial charge on any atom is 0.115 e. The van der Waals surface area contributed by atoms with Crippen LogP contribution in [0.4, 0.5) is 0 Å². The Kier molecular flexibility index (Phi) is 4.80. The van der Waals surface area contributed by atoms with E-state index in [1.807, 2.05) is 12.1 Å². The predicted octanol–water partition coefficient (Wildman–Crippen LogP) is 0.931. The molecule has 19 heavy (non-hydrogen) atoms. The lowest BCUT2D eigenvalue weighted by atomic mass is 9.99. The fourth-order valence-corrected chi connectivity index (χ4v) is 2.71. The van der Waals surface area contributed by atoms with Crippen LogP contribution < -0.4 is 0 Å². The Balaban J connectivity index is 1.88. The molecule has 106 valence electrons. The summed E-state index contributed by atoms with van der Waals surface area (Å²) in [5.41, 5.74) is 0.985. The molecular formula is C15H24N2O2. The van der Waals surface area contributed by atoms with Gasteiger partial charge < -0.3 is 20.0 Å². The van der Waals surface area contributed by atoms with Gasteiger partial charge in [-0.15, -0.1) is 0 Å². The van der Waals surface area contributed by atoms with Crippen molar-refractivity contribution >= 4 is 0 Å². The molecule has 4 nitrogen and oxygen atoms in total. The standard InChI is InChI=1S/C15H24N2O2/c1-16-6-7-17(2)13(11-16)10-15(19)9-12-4-3-5-14(18)8-12/h3-5,8,13,15,18-19H,6-7,9-11H2,1-2H3. The molecule has 1 fully saturated rings. The minimum absolute atomic E-state index is 0.263. The van der Waals surface area contributed by atoms with Crippen molar-refractivity contribution in [2.75, 3.05) is 33.7 Å². The van der Waals surface area contributed by atoms with Gasteiger partial charge in [0.15, 0.2) is 0 Å². The van der Waals surface area contributed by atoms with Crippen molar-refractivity contribution in [3.63, 3.8) is 0 Å². The Bertz CT molecular complexity index is 411. The Morgan fingerprint density at radius 1 is 1.32 bits per heavy atom. The third-order valence-corrected chi connectivity index (χ3v) is 3.91. The van der Waals surface area contributed by atoms with Gasteiger partial charge in [-0.2, -0.15) is 0 Å². The SMILES string of the molecule is CN1CCN(C)C(CC(O)Cc2cccc(O)c2)C1. The molecule has 1 aliphatic heterocycles. The molecule has 0 aliphatic carbocycles. The van der Waals surface area contributed by atoms with Gasteiger partial charge in [-0.05, 0) is 44.6 Å². The molecule has 0 bridgehead atoms. The molecule has 2 N–H and O–H groups in total. The van der Waals surface area contributed by atoms with Gasteiger partial charge in [0, 0.05) is 25.7 Å². The summed E-state index contributed by atoms with van der Waals surface area (Å²) in [6.45, 7) is 3.16. The highest BCUT2D eigenvalue weighted by Crippen LogP contribution is 2.17. The number of hydrogen-bond acceptors (Lipinski definition) is 4. The monoisotopic (exact) mass is 264 g/mol. The molecule has 0 aromatic heterocycles. The number of phenolic OH excluding ortho intramolecular Hbond substituents is 1. The van der Waals surface area contributed by atoms with E-state index >= 15 is 0 Å². The Morgan fingerprint density at radius 2 is 2.11 bits per heavy atom. The number of likely N-dealkylation sites (N-methyl/N-ethyl adjacent to an activating group) is 2. The quantitative estimate of drug-likeness (QED) is 0.849. The molecule has 0 amide bonds. The van der Waals surface area contributed by atoms with Gasteiger partial charge in [-0.1, -0.05) is 12.1 Å². The second-order valence-electron chi connectivity index (χ2n) is 5.66. The average Bonchev–Trinajstić information content (AvgIpc) is 2.34. The maximum atomic E-state index is 10.2. The highest BCUT2D eigenvalue weighted by Gasteiger charge is 2.24. The van der Waals surface area contributed by atoms with Crippen LogP contribution in [0.25, 0.3) is 0 Å². The zero-order chi connectivity index (χ0) is 13.8. The first-order chi connectivity index (χ1) is 9.04. The smallest absolute Gasteiger partial charge is 0.115 e. The molecule has 0 spiro atoms. The van der Waals surface area contributed by atoms with E-state index in [1.54, 1.807) is 12.1 Å². The summed E-state index contributed by atoms with van der Waals surface area (Å²) >= 11 is 0. The molecule has 1 aromatic rings. The lowest BCUT2D eigenvalue weighted by Gasteiger charge is -2.38. The van der Waals surface area contributed by atoms with Crippen LogP contribution in [0.3, 0.4) is 0 Å². The Labute approximate surface area is 115 Å². The van der Waals surface area contributed by atoms with Crippen LogP contribution in [0.15, 0.2) is 24.3 Å². The summed E-state index contributed by atoms with van der Waals surface area (Å²) in [6.07, 6.45) is 1.01. The lowest BCUT2D eigenvalue weighted by Crippen LogP contribution is -2.51. The van der Waals surface area contributed by atoms with E-state index in [1.165, 1.54) is 0 Å². The van der Waals surface area contributed by atoms with Gasteiger partial charge in [0.2, 0.25) is 0 Å². The molecule has 1 heterocycles. The number of nitrogens with zero attached hydrogens (tertiary/aromatic N) is 2. The van der Waals surface area contributed by atoms with Crippen LogP contribution in [0, 0.1) is 0 Å². The molecular weight excluding hydrogens is 240 g/mol. The topological polar surface area (TPSA) is 46.9 Å². The maximum absolute atomic E-state index is 10.2. The van der Waals surface area contributed by atoms with E-state index in [0.29, 0.717) is 12.5 Å². The van der Waals surface area contributed by atoms with Gasteiger partial charge in [-0.3, -0.25) is 0 Å². The number of phenols is 1. The van der Waals surface area contributed by atoms with Crippen LogP contribution >= 0.6 is 0 Å². The van der Waals surface area contributed by atoms with E-state index in [-0.39, 0.29) is 11.9 Å². The van der Waals surface area contributed by atoms with Crippen molar-refractivity contribution in [2.45, 2.75) is 25.0 Å². The number of hydrogen-bond donors (Lipinski definition) is 2.